The third-order valence-corrected chi connectivity index (χ3v) is 2.93. The van der Waals surface area contributed by atoms with Gasteiger partial charge in [-0.3, -0.25) is 10.2 Å². The molecule has 1 amide bonds. The van der Waals surface area contributed by atoms with Gasteiger partial charge in [0.1, 0.15) is 0 Å². The third kappa shape index (κ3) is 2.08. The molecule has 0 aromatic carbocycles. The lowest BCUT2D eigenvalue weighted by Crippen LogP contribution is -2.35. The maximum Gasteiger partial charge on any atom is 0.252 e. The van der Waals surface area contributed by atoms with E-state index in [4.69, 9.17) is 5.73 Å². The zero-order valence-electron chi connectivity index (χ0n) is 9.29. The summed E-state index contributed by atoms with van der Waals surface area (Å²) in [7, 11) is 0. The van der Waals surface area contributed by atoms with Crippen LogP contribution in [0.15, 0.2) is 28.6 Å². The first-order valence-electron chi connectivity index (χ1n) is 5.38. The van der Waals surface area contributed by atoms with Gasteiger partial charge in [-0.15, -0.1) is 0 Å². The molecule has 0 aromatic rings. The minimum atomic E-state index is -0.489. The van der Waals surface area contributed by atoms with Gasteiger partial charge in [-0.1, -0.05) is 6.58 Å². The Labute approximate surface area is 94.5 Å². The number of nitrogens with one attached hydrogen (secondary N) is 2. The molecule has 2 aliphatic rings. The number of nitrogens with two attached hydrogens (primary N) is 1. The van der Waals surface area contributed by atoms with Crippen LogP contribution in [0.4, 0.5) is 0 Å². The summed E-state index contributed by atoms with van der Waals surface area (Å²) in [6.45, 7) is 5.91. The monoisotopic (exact) mass is 220 g/mol. The second kappa shape index (κ2) is 4.00. The lowest BCUT2D eigenvalue weighted by atomic mass is 10.1. The van der Waals surface area contributed by atoms with Crippen molar-refractivity contribution >= 4 is 12.1 Å². The zero-order chi connectivity index (χ0) is 11.7. The maximum atomic E-state index is 11.2. The molecule has 5 nitrogen and oxygen atoms in total. The fourth-order valence-electron chi connectivity index (χ4n) is 1.75. The molecule has 1 saturated carbocycles. The lowest BCUT2D eigenvalue weighted by molar-refractivity contribution is -0.114. The van der Waals surface area contributed by atoms with Crippen LogP contribution < -0.4 is 16.5 Å². The first-order valence-corrected chi connectivity index (χ1v) is 5.38. The molecule has 1 aliphatic heterocycles. The predicted molar refractivity (Wildman–Crippen MR) is 62.3 cm³/mol. The summed E-state index contributed by atoms with van der Waals surface area (Å²) in [5.41, 5.74) is 9.66. The summed E-state index contributed by atoms with van der Waals surface area (Å²) in [6, 6.07) is 0.328. The predicted octanol–water partition coefficient (Wildman–Crippen LogP) is 0.217. The van der Waals surface area contributed by atoms with E-state index in [1.54, 1.807) is 0 Å². The van der Waals surface area contributed by atoms with Crippen molar-refractivity contribution in [2.24, 2.45) is 16.8 Å². The Bertz CT molecular complexity index is 393. The minimum absolute atomic E-state index is 0.328. The molecule has 0 bridgehead atoms. The molecule has 16 heavy (non-hydrogen) atoms. The minimum Gasteiger partial charge on any atom is -0.380 e. The van der Waals surface area contributed by atoms with E-state index in [9.17, 15) is 4.79 Å². The molecule has 1 aliphatic carbocycles. The van der Waals surface area contributed by atoms with Crippen molar-refractivity contribution in [1.82, 2.24) is 10.7 Å². The number of primary amides is 1. The van der Waals surface area contributed by atoms with Crippen LogP contribution in [0, 0.1) is 5.92 Å². The number of amides is 1. The normalized spacial score (nSPS) is 21.7. The van der Waals surface area contributed by atoms with E-state index < -0.39 is 5.91 Å². The number of rotatable bonds is 4. The van der Waals surface area contributed by atoms with Crippen molar-refractivity contribution in [3.63, 3.8) is 0 Å². The molecule has 5 heteroatoms. The van der Waals surface area contributed by atoms with E-state index >= 15 is 0 Å². The Balaban J connectivity index is 2.20. The second-order valence-corrected chi connectivity index (χ2v) is 4.27. The molecular formula is C11H16N4O. The van der Waals surface area contributed by atoms with Crippen LogP contribution in [0.5, 0.6) is 0 Å². The van der Waals surface area contributed by atoms with Gasteiger partial charge in [0, 0.05) is 6.04 Å². The Morgan fingerprint density at radius 1 is 1.75 bits per heavy atom. The average Bonchev–Trinajstić information content (AvgIpc) is 3.03. The van der Waals surface area contributed by atoms with Crippen molar-refractivity contribution in [2.45, 2.75) is 25.8 Å². The van der Waals surface area contributed by atoms with Gasteiger partial charge in [0.25, 0.3) is 5.91 Å². The lowest BCUT2D eigenvalue weighted by Gasteiger charge is -2.22. The Morgan fingerprint density at radius 3 is 3.00 bits per heavy atom. The summed E-state index contributed by atoms with van der Waals surface area (Å²) in [4.78, 5) is 11.2. The fraction of sp³-hybridized carbons (Fsp3) is 0.455. The van der Waals surface area contributed by atoms with Crippen molar-refractivity contribution in [2.75, 3.05) is 0 Å². The molecular weight excluding hydrogens is 204 g/mol. The molecule has 0 unspecified atom stereocenters. The average molecular weight is 220 g/mol. The van der Waals surface area contributed by atoms with Crippen molar-refractivity contribution in [3.8, 4) is 0 Å². The van der Waals surface area contributed by atoms with E-state index in [0.29, 0.717) is 28.9 Å². The quantitative estimate of drug-likeness (QED) is 0.634. The molecule has 1 heterocycles. The fourth-order valence-corrected chi connectivity index (χ4v) is 1.75. The highest BCUT2D eigenvalue weighted by atomic mass is 16.1. The maximum absolute atomic E-state index is 11.2. The number of hydrazone groups is 1. The third-order valence-electron chi connectivity index (χ3n) is 2.93. The molecule has 0 spiro atoms. The van der Waals surface area contributed by atoms with E-state index in [2.05, 4.69) is 29.3 Å². The molecule has 1 atom stereocenters. The molecule has 86 valence electrons. The number of hydrogen-bond donors (Lipinski definition) is 3. The van der Waals surface area contributed by atoms with Gasteiger partial charge in [0.2, 0.25) is 0 Å². The van der Waals surface area contributed by atoms with Crippen LogP contribution in [0.3, 0.4) is 0 Å². The SMILES string of the molecule is C=C1NN=CC(C(N)=O)=C1N[C@H](C)C1CC1. The van der Waals surface area contributed by atoms with Crippen LogP contribution >= 0.6 is 0 Å². The highest BCUT2D eigenvalue weighted by Gasteiger charge is 2.29. The van der Waals surface area contributed by atoms with Crippen LogP contribution in [-0.4, -0.2) is 18.2 Å². The van der Waals surface area contributed by atoms with Gasteiger partial charge in [0.05, 0.1) is 23.2 Å². The largest absolute Gasteiger partial charge is 0.380 e. The molecule has 0 aromatic heterocycles. The van der Waals surface area contributed by atoms with Crippen molar-refractivity contribution < 1.29 is 4.79 Å². The highest BCUT2D eigenvalue weighted by molar-refractivity contribution is 6.13. The zero-order valence-corrected chi connectivity index (χ0v) is 9.29. The van der Waals surface area contributed by atoms with E-state index in [1.807, 2.05) is 0 Å². The van der Waals surface area contributed by atoms with Gasteiger partial charge in [0.15, 0.2) is 0 Å². The summed E-state index contributed by atoms with van der Waals surface area (Å²) >= 11 is 0. The van der Waals surface area contributed by atoms with Crippen LogP contribution in [0.2, 0.25) is 0 Å². The topological polar surface area (TPSA) is 79.5 Å². The standard InChI is InChI=1S/C11H16N4O/c1-6(8-3-4-8)14-10-7(2)15-13-5-9(10)11(12)16/h5-6,8,14-15H,2-4H2,1H3,(H2,12,16)/t6-/m1/s1. The van der Waals surface area contributed by atoms with Crippen LogP contribution in [0.1, 0.15) is 19.8 Å². The van der Waals surface area contributed by atoms with Gasteiger partial charge >= 0.3 is 0 Å². The van der Waals surface area contributed by atoms with Gasteiger partial charge < -0.3 is 11.1 Å². The number of nitrogens with zero attached hydrogens (tertiary/aromatic N) is 1. The number of carbonyl (C=O) groups excluding carboxylic acids is 1. The van der Waals surface area contributed by atoms with Gasteiger partial charge in [-0.25, -0.2) is 0 Å². The van der Waals surface area contributed by atoms with E-state index in [1.165, 1.54) is 19.1 Å². The molecule has 0 radical (unpaired) electrons. The first-order chi connectivity index (χ1) is 7.59. The van der Waals surface area contributed by atoms with Gasteiger partial charge in [-0.05, 0) is 25.7 Å². The number of hydrogen-bond acceptors (Lipinski definition) is 4. The van der Waals surface area contributed by atoms with E-state index in [-0.39, 0.29) is 0 Å². The highest BCUT2D eigenvalue weighted by Crippen LogP contribution is 2.33. The smallest absolute Gasteiger partial charge is 0.252 e. The Hall–Kier alpha value is -1.78. The first kappa shape index (κ1) is 10.7. The van der Waals surface area contributed by atoms with Crippen molar-refractivity contribution in [1.29, 1.82) is 0 Å². The summed E-state index contributed by atoms with van der Waals surface area (Å²) in [6.07, 6.45) is 3.90. The summed E-state index contributed by atoms with van der Waals surface area (Å²) in [5, 5.41) is 7.09. The van der Waals surface area contributed by atoms with E-state index in [0.717, 1.165) is 0 Å². The molecule has 0 saturated heterocycles. The van der Waals surface area contributed by atoms with Crippen LogP contribution in [0.25, 0.3) is 0 Å². The van der Waals surface area contributed by atoms with Crippen molar-refractivity contribution in [3.05, 3.63) is 23.5 Å². The Morgan fingerprint density at radius 2 is 2.44 bits per heavy atom. The molecule has 1 fully saturated rings. The second-order valence-electron chi connectivity index (χ2n) is 4.27. The molecule has 4 N–H and O–H groups in total. The summed E-state index contributed by atoms with van der Waals surface area (Å²) in [5.74, 6) is 0.199. The summed E-state index contributed by atoms with van der Waals surface area (Å²) < 4.78 is 0. The Kier molecular flexibility index (Phi) is 2.68. The van der Waals surface area contributed by atoms with Crippen LogP contribution in [-0.2, 0) is 4.79 Å². The number of carbonyl (C=O) groups is 1. The van der Waals surface area contributed by atoms with Gasteiger partial charge in [-0.2, -0.15) is 5.10 Å². The molecule has 2 rings (SSSR count).